The van der Waals surface area contributed by atoms with Gasteiger partial charge in [-0.05, 0) is 59.2 Å². The molecule has 3 N–H and O–H groups in total. The molecule has 0 spiro atoms. The Balaban J connectivity index is 0.996. The molecule has 1 aliphatic rings. The average molecular weight is 535 g/mol. The van der Waals surface area contributed by atoms with E-state index in [0.717, 1.165) is 39.6 Å². The standard InChI is InChI=1S/C29H34N4O6/c1-21(34)32-25-4-6-26(7-5-25)39-17-16-38-15-14-37-13-12-36-11-10-31-28-19-23(8-9-30-28)22-2-3-24-20-29(35)33-27(24)18-22/h2-9,18-19H,10-17,20H2,1H3,(H,30,31)(H,32,34)(H,33,35). The van der Waals surface area contributed by atoms with E-state index in [0.29, 0.717) is 59.2 Å². The number of hydrogen-bond donors (Lipinski definition) is 3. The number of rotatable bonds is 16. The molecular formula is C29H34N4O6. The summed E-state index contributed by atoms with van der Waals surface area (Å²) in [5.74, 6) is 1.41. The molecule has 2 amide bonds. The van der Waals surface area contributed by atoms with Gasteiger partial charge in [0.15, 0.2) is 0 Å². The van der Waals surface area contributed by atoms with Gasteiger partial charge < -0.3 is 34.9 Å². The second-order valence-corrected chi connectivity index (χ2v) is 8.84. The van der Waals surface area contributed by atoms with Gasteiger partial charge in [-0.3, -0.25) is 9.59 Å². The van der Waals surface area contributed by atoms with Gasteiger partial charge in [0.25, 0.3) is 0 Å². The predicted octanol–water partition coefficient (Wildman–Crippen LogP) is 3.74. The second-order valence-electron chi connectivity index (χ2n) is 8.84. The Morgan fingerprint density at radius 2 is 1.56 bits per heavy atom. The number of aromatic nitrogens is 1. The van der Waals surface area contributed by atoms with Gasteiger partial charge in [-0.25, -0.2) is 4.98 Å². The number of carbonyl (C=O) groups excluding carboxylic acids is 2. The van der Waals surface area contributed by atoms with Crippen molar-refractivity contribution in [1.82, 2.24) is 4.98 Å². The molecule has 1 aliphatic heterocycles. The van der Waals surface area contributed by atoms with E-state index in [1.54, 1.807) is 30.5 Å². The van der Waals surface area contributed by atoms with Crippen molar-refractivity contribution in [2.24, 2.45) is 0 Å². The Bertz CT molecular complexity index is 1230. The third-order valence-electron chi connectivity index (χ3n) is 5.80. The number of nitrogens with one attached hydrogen (secondary N) is 3. The van der Waals surface area contributed by atoms with Crippen LogP contribution in [0, 0.1) is 0 Å². The van der Waals surface area contributed by atoms with Crippen LogP contribution in [-0.4, -0.2) is 69.6 Å². The molecule has 39 heavy (non-hydrogen) atoms. The van der Waals surface area contributed by atoms with Crippen LogP contribution in [0.3, 0.4) is 0 Å². The van der Waals surface area contributed by atoms with Gasteiger partial charge in [0.05, 0.1) is 46.1 Å². The van der Waals surface area contributed by atoms with E-state index in [1.165, 1.54) is 6.92 Å². The minimum absolute atomic E-state index is 0.0315. The number of fused-ring (bicyclic) bond motifs is 1. The maximum atomic E-state index is 11.6. The number of benzene rings is 2. The molecule has 0 atom stereocenters. The van der Waals surface area contributed by atoms with Crippen molar-refractivity contribution < 1.29 is 28.5 Å². The highest BCUT2D eigenvalue weighted by molar-refractivity contribution is 6.00. The van der Waals surface area contributed by atoms with E-state index < -0.39 is 0 Å². The van der Waals surface area contributed by atoms with Gasteiger partial charge in [-0.2, -0.15) is 0 Å². The second kappa shape index (κ2) is 14.8. The predicted molar refractivity (Wildman–Crippen MR) is 149 cm³/mol. The third-order valence-corrected chi connectivity index (χ3v) is 5.80. The van der Waals surface area contributed by atoms with Crippen LogP contribution in [0.2, 0.25) is 0 Å². The minimum atomic E-state index is -0.107. The Morgan fingerprint density at radius 3 is 2.31 bits per heavy atom. The highest BCUT2D eigenvalue weighted by Crippen LogP contribution is 2.30. The first-order valence-corrected chi connectivity index (χ1v) is 12.9. The summed E-state index contributed by atoms with van der Waals surface area (Å²) in [6, 6.07) is 17.1. The van der Waals surface area contributed by atoms with Crippen molar-refractivity contribution >= 4 is 29.0 Å². The molecule has 0 unspecified atom stereocenters. The molecule has 206 valence electrons. The topological polar surface area (TPSA) is 120 Å². The van der Waals surface area contributed by atoms with Crippen LogP contribution in [0.25, 0.3) is 11.1 Å². The van der Waals surface area contributed by atoms with E-state index in [9.17, 15) is 9.59 Å². The Labute approximate surface area is 228 Å². The molecule has 0 saturated heterocycles. The first-order valence-electron chi connectivity index (χ1n) is 12.9. The van der Waals surface area contributed by atoms with Crippen molar-refractivity contribution in [2.45, 2.75) is 13.3 Å². The SMILES string of the molecule is CC(=O)Nc1ccc(OCCOCCOCCOCCNc2cc(-c3ccc4c(c3)NC(=O)C4)ccn2)cc1. The van der Waals surface area contributed by atoms with Crippen LogP contribution in [0.4, 0.5) is 17.2 Å². The number of anilines is 3. The normalized spacial score (nSPS) is 12.1. The minimum Gasteiger partial charge on any atom is -0.491 e. The summed E-state index contributed by atoms with van der Waals surface area (Å²) in [7, 11) is 0. The van der Waals surface area contributed by atoms with Crippen molar-refractivity contribution in [3.8, 4) is 16.9 Å². The van der Waals surface area contributed by atoms with E-state index in [4.69, 9.17) is 18.9 Å². The molecule has 2 heterocycles. The van der Waals surface area contributed by atoms with E-state index in [2.05, 4.69) is 20.9 Å². The maximum absolute atomic E-state index is 11.6. The Morgan fingerprint density at radius 1 is 0.872 bits per heavy atom. The molecule has 0 radical (unpaired) electrons. The van der Waals surface area contributed by atoms with Crippen LogP contribution < -0.4 is 20.7 Å². The highest BCUT2D eigenvalue weighted by atomic mass is 16.6. The van der Waals surface area contributed by atoms with Crippen molar-refractivity contribution in [3.63, 3.8) is 0 Å². The van der Waals surface area contributed by atoms with Crippen LogP contribution >= 0.6 is 0 Å². The summed E-state index contributed by atoms with van der Waals surface area (Å²) in [4.78, 5) is 27.0. The van der Waals surface area contributed by atoms with E-state index in [-0.39, 0.29) is 11.8 Å². The van der Waals surface area contributed by atoms with Crippen LogP contribution in [0.5, 0.6) is 5.75 Å². The average Bonchev–Trinajstić information content (AvgIpc) is 3.31. The third kappa shape index (κ3) is 9.36. The maximum Gasteiger partial charge on any atom is 0.228 e. The fourth-order valence-electron chi connectivity index (χ4n) is 3.95. The molecule has 0 aliphatic carbocycles. The molecule has 4 rings (SSSR count). The van der Waals surface area contributed by atoms with Crippen LogP contribution in [-0.2, 0) is 30.2 Å². The van der Waals surface area contributed by atoms with Crippen LogP contribution in [0.1, 0.15) is 12.5 Å². The fourth-order valence-corrected chi connectivity index (χ4v) is 3.95. The first-order chi connectivity index (χ1) is 19.1. The molecule has 2 aromatic carbocycles. The van der Waals surface area contributed by atoms with Crippen molar-refractivity contribution in [1.29, 1.82) is 0 Å². The summed E-state index contributed by atoms with van der Waals surface area (Å²) in [6.45, 7) is 5.45. The fraction of sp³-hybridized carbons (Fsp3) is 0.345. The molecule has 1 aromatic heterocycles. The quantitative estimate of drug-likeness (QED) is 0.238. The van der Waals surface area contributed by atoms with Gasteiger partial charge in [0, 0.05) is 31.0 Å². The number of nitrogens with zero attached hydrogens (tertiary/aromatic N) is 1. The van der Waals surface area contributed by atoms with Gasteiger partial charge >= 0.3 is 0 Å². The number of hydrogen-bond acceptors (Lipinski definition) is 8. The molecule has 10 nitrogen and oxygen atoms in total. The number of amides is 2. The Kier molecular flexibility index (Phi) is 10.6. The number of ether oxygens (including phenoxy) is 4. The van der Waals surface area contributed by atoms with Gasteiger partial charge in [-0.15, -0.1) is 0 Å². The monoisotopic (exact) mass is 534 g/mol. The Hall–Kier alpha value is -3.99. The van der Waals surface area contributed by atoms with Gasteiger partial charge in [-0.1, -0.05) is 12.1 Å². The van der Waals surface area contributed by atoms with E-state index >= 15 is 0 Å². The zero-order valence-electron chi connectivity index (χ0n) is 22.0. The van der Waals surface area contributed by atoms with E-state index in [1.807, 2.05) is 30.3 Å². The zero-order valence-corrected chi connectivity index (χ0v) is 22.0. The lowest BCUT2D eigenvalue weighted by Crippen LogP contribution is -2.15. The van der Waals surface area contributed by atoms with Gasteiger partial charge in [0.1, 0.15) is 18.2 Å². The molecular weight excluding hydrogens is 500 g/mol. The molecule has 0 saturated carbocycles. The molecule has 0 fully saturated rings. The lowest BCUT2D eigenvalue weighted by atomic mass is 10.0. The molecule has 0 bridgehead atoms. The highest BCUT2D eigenvalue weighted by Gasteiger charge is 2.17. The van der Waals surface area contributed by atoms with Crippen LogP contribution in [0.15, 0.2) is 60.8 Å². The molecule has 10 heteroatoms. The summed E-state index contributed by atoms with van der Waals surface area (Å²) < 4.78 is 22.3. The van der Waals surface area contributed by atoms with Crippen molar-refractivity contribution in [2.75, 3.05) is 68.7 Å². The lowest BCUT2D eigenvalue weighted by Gasteiger charge is -2.10. The van der Waals surface area contributed by atoms with Crippen molar-refractivity contribution in [3.05, 3.63) is 66.4 Å². The summed E-state index contributed by atoms with van der Waals surface area (Å²) >= 11 is 0. The van der Waals surface area contributed by atoms with Gasteiger partial charge in [0.2, 0.25) is 11.8 Å². The number of carbonyl (C=O) groups is 2. The summed E-state index contributed by atoms with van der Waals surface area (Å²) in [5.41, 5.74) is 4.69. The number of pyridine rings is 1. The lowest BCUT2D eigenvalue weighted by molar-refractivity contribution is -0.115. The summed E-state index contributed by atoms with van der Waals surface area (Å²) in [5, 5.41) is 8.88. The summed E-state index contributed by atoms with van der Waals surface area (Å²) in [6.07, 6.45) is 2.20. The largest absolute Gasteiger partial charge is 0.491 e. The first kappa shape index (κ1) is 28.0. The smallest absolute Gasteiger partial charge is 0.228 e. The zero-order chi connectivity index (χ0) is 27.3. The molecule has 3 aromatic rings.